The topological polar surface area (TPSA) is 94.2 Å². The van der Waals surface area contributed by atoms with E-state index in [9.17, 15) is 14.4 Å². The number of amides is 3. The van der Waals surface area contributed by atoms with E-state index < -0.39 is 23.6 Å². The van der Waals surface area contributed by atoms with Gasteiger partial charge < -0.3 is 19.5 Å². The van der Waals surface area contributed by atoms with E-state index in [1.54, 1.807) is 24.3 Å². The average Bonchev–Trinajstić information content (AvgIpc) is 3.15. The molecule has 11 heteroatoms. The van der Waals surface area contributed by atoms with Crippen LogP contribution >= 0.6 is 56.9 Å². The molecule has 3 aromatic carbocycles. The Morgan fingerprint density at radius 1 is 1.03 bits per heavy atom. The number of nitrogens with one attached hydrogen (secondary N) is 1. The van der Waals surface area contributed by atoms with Crippen LogP contribution in [0.3, 0.4) is 0 Å². The molecular weight excluding hydrogens is 734 g/mol. The van der Waals surface area contributed by atoms with E-state index in [1.807, 2.05) is 42.5 Å². The van der Waals surface area contributed by atoms with E-state index in [0.717, 1.165) is 29.4 Å². The largest absolute Gasteiger partial charge is 0.487 e. The minimum absolute atomic E-state index is 0.226. The summed E-state index contributed by atoms with van der Waals surface area (Å²) in [5.41, 5.74) is 2.18. The summed E-state index contributed by atoms with van der Waals surface area (Å²) in [6.45, 7) is 0.844. The highest BCUT2D eigenvalue weighted by Crippen LogP contribution is 2.37. The Bertz CT molecular complexity index is 1450. The van der Waals surface area contributed by atoms with Crippen molar-refractivity contribution in [3.05, 3.63) is 83.8 Å². The van der Waals surface area contributed by atoms with Gasteiger partial charge >= 0.3 is 0 Å². The molecule has 5 rings (SSSR count). The highest BCUT2D eigenvalue weighted by atomic mass is 127. The summed E-state index contributed by atoms with van der Waals surface area (Å²) in [5.74, 6) is 0.724. The standard InChI is InChI=1S/C27H20I2N2O6S/c28-18-10-17(25(20(29)12-18)37-15-16-4-2-1-3-5-16)11-23-26(33)31(27(34)38-23)14-24(32)30-19-6-7-21-22(13-19)36-9-8-35-21/h1-7,10-13H,8-9,14-15H2,(H,30,32)/b23-11+. The number of benzene rings is 3. The molecule has 8 nitrogen and oxygen atoms in total. The first-order valence-electron chi connectivity index (χ1n) is 11.5. The molecule has 0 aliphatic carbocycles. The van der Waals surface area contributed by atoms with Gasteiger partial charge in [0.05, 0.1) is 8.48 Å². The van der Waals surface area contributed by atoms with Gasteiger partial charge in [-0.3, -0.25) is 19.3 Å². The highest BCUT2D eigenvalue weighted by molar-refractivity contribution is 14.1. The molecule has 1 fully saturated rings. The molecule has 1 N–H and O–H groups in total. The number of anilines is 1. The van der Waals surface area contributed by atoms with E-state index in [0.29, 0.717) is 48.3 Å². The number of carbonyl (C=O) groups is 3. The molecule has 3 aromatic rings. The molecule has 0 unspecified atom stereocenters. The van der Waals surface area contributed by atoms with Crippen LogP contribution in [0, 0.1) is 7.14 Å². The summed E-state index contributed by atoms with van der Waals surface area (Å²) < 4.78 is 19.0. The number of fused-ring (bicyclic) bond motifs is 1. The molecule has 0 saturated carbocycles. The van der Waals surface area contributed by atoms with Gasteiger partial charge in [0.1, 0.15) is 32.1 Å². The normalized spacial score (nSPS) is 15.6. The average molecular weight is 754 g/mol. The van der Waals surface area contributed by atoms with Crippen LogP contribution in [0.25, 0.3) is 6.08 Å². The summed E-state index contributed by atoms with van der Waals surface area (Å²) in [4.78, 5) is 39.6. The van der Waals surface area contributed by atoms with Crippen LogP contribution in [-0.4, -0.2) is 41.7 Å². The molecule has 0 aromatic heterocycles. The van der Waals surface area contributed by atoms with Crippen molar-refractivity contribution in [2.45, 2.75) is 6.61 Å². The molecule has 0 radical (unpaired) electrons. The fraction of sp³-hybridized carbons (Fsp3) is 0.148. The lowest BCUT2D eigenvalue weighted by Crippen LogP contribution is -2.36. The summed E-state index contributed by atoms with van der Waals surface area (Å²) in [6, 6.07) is 18.7. The summed E-state index contributed by atoms with van der Waals surface area (Å²) in [5, 5.41) is 2.20. The van der Waals surface area contributed by atoms with Crippen molar-refractivity contribution in [2.24, 2.45) is 0 Å². The first-order chi connectivity index (χ1) is 18.4. The molecule has 38 heavy (non-hydrogen) atoms. The maximum Gasteiger partial charge on any atom is 0.294 e. The van der Waals surface area contributed by atoms with Crippen molar-refractivity contribution in [1.29, 1.82) is 0 Å². The Hall–Kier alpha value is -2.78. The molecule has 2 aliphatic rings. The number of hydrogen-bond acceptors (Lipinski definition) is 7. The number of carbonyl (C=O) groups excluding carboxylic acids is 3. The maximum atomic E-state index is 13.1. The molecule has 0 atom stereocenters. The molecule has 2 heterocycles. The second-order valence-electron chi connectivity index (χ2n) is 8.25. The van der Waals surface area contributed by atoms with E-state index in [4.69, 9.17) is 14.2 Å². The van der Waals surface area contributed by atoms with Gasteiger partial charge in [-0.15, -0.1) is 0 Å². The SMILES string of the molecule is O=C(CN1C(=O)S/C(=C/c2cc(I)cc(I)c2OCc2ccccc2)C1=O)Nc1ccc2c(c1)OCCO2. The van der Waals surface area contributed by atoms with E-state index in [-0.39, 0.29) is 4.91 Å². The Labute approximate surface area is 250 Å². The van der Waals surface area contributed by atoms with Crippen molar-refractivity contribution < 1.29 is 28.6 Å². The first-order valence-corrected chi connectivity index (χ1v) is 14.5. The minimum atomic E-state index is -0.528. The van der Waals surface area contributed by atoms with E-state index >= 15 is 0 Å². The molecule has 0 spiro atoms. The van der Waals surface area contributed by atoms with Crippen LogP contribution in [0.1, 0.15) is 11.1 Å². The third-order valence-corrected chi connectivity index (χ3v) is 7.88. The molecular formula is C27H20I2N2O6S. The number of thioether (sulfide) groups is 1. The number of imide groups is 1. The number of nitrogens with zero attached hydrogens (tertiary/aromatic N) is 1. The fourth-order valence-electron chi connectivity index (χ4n) is 3.81. The summed E-state index contributed by atoms with van der Waals surface area (Å²) in [6.07, 6.45) is 1.65. The molecule has 1 saturated heterocycles. The van der Waals surface area contributed by atoms with Gasteiger partial charge in [0.2, 0.25) is 5.91 Å². The Balaban J connectivity index is 1.30. The third-order valence-electron chi connectivity index (χ3n) is 5.55. The van der Waals surface area contributed by atoms with E-state index in [1.165, 1.54) is 0 Å². The van der Waals surface area contributed by atoms with Gasteiger partial charge in [-0.1, -0.05) is 30.3 Å². The number of halogens is 2. The molecule has 2 aliphatic heterocycles. The van der Waals surface area contributed by atoms with Crippen molar-refractivity contribution in [3.63, 3.8) is 0 Å². The van der Waals surface area contributed by atoms with Crippen molar-refractivity contribution in [1.82, 2.24) is 4.90 Å². The molecule has 194 valence electrons. The lowest BCUT2D eigenvalue weighted by Gasteiger charge is -2.19. The summed E-state index contributed by atoms with van der Waals surface area (Å²) in [7, 11) is 0. The second-order valence-corrected chi connectivity index (χ2v) is 11.7. The number of hydrogen-bond donors (Lipinski definition) is 1. The first kappa shape index (κ1) is 26.8. The quantitative estimate of drug-likeness (QED) is 0.237. The smallest absolute Gasteiger partial charge is 0.294 e. The zero-order chi connectivity index (χ0) is 26.6. The van der Waals surface area contributed by atoms with Gasteiger partial charge in [-0.05, 0) is 92.8 Å². The van der Waals surface area contributed by atoms with Gasteiger partial charge in [-0.2, -0.15) is 0 Å². The number of rotatable bonds is 7. The molecule has 0 bridgehead atoms. The van der Waals surface area contributed by atoms with Gasteiger partial charge in [-0.25, -0.2) is 0 Å². The Kier molecular flexibility index (Phi) is 8.43. The van der Waals surface area contributed by atoms with Gasteiger partial charge in [0.15, 0.2) is 11.5 Å². The maximum absolute atomic E-state index is 13.1. The van der Waals surface area contributed by atoms with Crippen LogP contribution in [-0.2, 0) is 16.2 Å². The highest BCUT2D eigenvalue weighted by Gasteiger charge is 2.36. The summed E-state index contributed by atoms with van der Waals surface area (Å²) >= 11 is 5.19. The minimum Gasteiger partial charge on any atom is -0.487 e. The predicted molar refractivity (Wildman–Crippen MR) is 161 cm³/mol. The van der Waals surface area contributed by atoms with Crippen molar-refractivity contribution >= 4 is 85.8 Å². The third kappa shape index (κ3) is 6.26. The van der Waals surface area contributed by atoms with E-state index in [2.05, 4.69) is 50.5 Å². The van der Waals surface area contributed by atoms with Gasteiger partial charge in [0.25, 0.3) is 11.1 Å². The van der Waals surface area contributed by atoms with Crippen molar-refractivity contribution in [2.75, 3.05) is 25.1 Å². The Morgan fingerprint density at radius 2 is 1.79 bits per heavy atom. The fourth-order valence-corrected chi connectivity index (χ4v) is 6.69. The van der Waals surface area contributed by atoms with Crippen LogP contribution in [0.4, 0.5) is 10.5 Å². The van der Waals surface area contributed by atoms with Crippen LogP contribution in [0.15, 0.2) is 65.6 Å². The van der Waals surface area contributed by atoms with Crippen LogP contribution in [0.5, 0.6) is 17.2 Å². The van der Waals surface area contributed by atoms with Crippen LogP contribution in [0.2, 0.25) is 0 Å². The lowest BCUT2D eigenvalue weighted by atomic mass is 10.1. The lowest BCUT2D eigenvalue weighted by molar-refractivity contribution is -0.127. The van der Waals surface area contributed by atoms with Crippen molar-refractivity contribution in [3.8, 4) is 17.2 Å². The second kappa shape index (κ2) is 11.9. The Morgan fingerprint density at radius 3 is 2.58 bits per heavy atom. The zero-order valence-corrected chi connectivity index (χ0v) is 24.9. The zero-order valence-electron chi connectivity index (χ0n) is 19.7. The number of ether oxygens (including phenoxy) is 3. The van der Waals surface area contributed by atoms with Gasteiger partial charge in [0, 0.05) is 20.9 Å². The molecule has 3 amide bonds. The monoisotopic (exact) mass is 754 g/mol. The predicted octanol–water partition coefficient (Wildman–Crippen LogP) is 5.92. The van der Waals surface area contributed by atoms with Crippen LogP contribution < -0.4 is 19.5 Å².